The van der Waals surface area contributed by atoms with E-state index >= 15 is 0 Å². The van der Waals surface area contributed by atoms with Gasteiger partial charge < -0.3 is 19.9 Å². The second kappa shape index (κ2) is 11.0. The zero-order valence-corrected chi connectivity index (χ0v) is 23.0. The number of carbonyl (C=O) groups is 1. The number of imidazole rings is 1. The summed E-state index contributed by atoms with van der Waals surface area (Å²) in [5.41, 5.74) is 1.40. The molecule has 1 amide bonds. The predicted octanol–water partition coefficient (Wildman–Crippen LogP) is 4.79. The minimum atomic E-state index is -1.30. The minimum Gasteiger partial charge on any atom is -0.465 e. The van der Waals surface area contributed by atoms with Crippen LogP contribution in [0.3, 0.4) is 0 Å². The molecule has 2 atom stereocenters. The molecule has 1 saturated heterocycles. The van der Waals surface area contributed by atoms with Gasteiger partial charge in [-0.2, -0.15) is 16.7 Å². The van der Waals surface area contributed by atoms with E-state index in [-0.39, 0.29) is 17.7 Å². The number of carboxylic acid groups (broad SMARTS) is 1. The topological polar surface area (TPSA) is 132 Å². The summed E-state index contributed by atoms with van der Waals surface area (Å²) in [6.07, 6.45) is 7.26. The van der Waals surface area contributed by atoms with Crippen LogP contribution in [0.5, 0.6) is 0 Å². The van der Waals surface area contributed by atoms with Crippen molar-refractivity contribution in [3.05, 3.63) is 5.82 Å². The summed E-state index contributed by atoms with van der Waals surface area (Å²) >= 11 is 1.97. The number of amides is 1. The van der Waals surface area contributed by atoms with Gasteiger partial charge in [0.25, 0.3) is 0 Å². The van der Waals surface area contributed by atoms with Crippen LogP contribution in [0, 0.1) is 23.2 Å². The van der Waals surface area contributed by atoms with Crippen molar-refractivity contribution < 1.29 is 9.90 Å². The smallest absolute Gasteiger partial charge is 0.410 e. The van der Waals surface area contributed by atoms with Crippen LogP contribution in [0.1, 0.15) is 71.5 Å². The van der Waals surface area contributed by atoms with Gasteiger partial charge in [0.15, 0.2) is 23.1 Å². The molecule has 1 unspecified atom stereocenters. The standard InChI is InChI=1S/C26H40N8O2S/c1-15-7-9-18(10-8-15)13-34-20-22(28-17(3)19-5-4-6-19)30-24(21(27)29-26(35)36)31-23(20)32-25(34)33-11-12-37-14-16(33)2/h15-19H,4-14H2,1-3H3,(H2,27,29)(H,35,36)(H,28,30,31)/t15-,16?,17-,18-/m1/s1. The Kier molecular flexibility index (Phi) is 7.78. The molecule has 3 fully saturated rings. The van der Waals surface area contributed by atoms with E-state index in [0.29, 0.717) is 29.3 Å². The van der Waals surface area contributed by atoms with Crippen molar-refractivity contribution in [1.82, 2.24) is 24.8 Å². The number of aromatic nitrogens is 4. The average molecular weight is 529 g/mol. The molecule has 3 heterocycles. The van der Waals surface area contributed by atoms with Crippen molar-refractivity contribution >= 4 is 46.6 Å². The summed E-state index contributed by atoms with van der Waals surface area (Å²) in [4.78, 5) is 28.0. The van der Waals surface area contributed by atoms with Gasteiger partial charge in [0.2, 0.25) is 5.95 Å². The van der Waals surface area contributed by atoms with Crippen LogP contribution in [-0.4, -0.2) is 66.7 Å². The van der Waals surface area contributed by atoms with Gasteiger partial charge >= 0.3 is 6.09 Å². The van der Waals surface area contributed by atoms with Crippen LogP contribution in [0.4, 0.5) is 16.6 Å². The Morgan fingerprint density at radius 3 is 2.57 bits per heavy atom. The Labute approximate surface area is 222 Å². The lowest BCUT2D eigenvalue weighted by atomic mass is 9.80. The van der Waals surface area contributed by atoms with Crippen LogP contribution in [0.15, 0.2) is 0 Å². The molecular weight excluding hydrogens is 488 g/mol. The quantitative estimate of drug-likeness (QED) is 0.298. The van der Waals surface area contributed by atoms with Crippen LogP contribution in [0.2, 0.25) is 0 Å². The van der Waals surface area contributed by atoms with Gasteiger partial charge in [-0.1, -0.05) is 26.2 Å². The molecule has 2 aliphatic carbocycles. The molecule has 4 N–H and O–H groups in total. The number of nitrogens with zero attached hydrogens (tertiary/aromatic N) is 5. The Morgan fingerprint density at radius 2 is 1.92 bits per heavy atom. The van der Waals surface area contributed by atoms with Crippen molar-refractivity contribution in [2.45, 2.75) is 84.3 Å². The maximum Gasteiger partial charge on any atom is 0.410 e. The molecule has 10 nitrogen and oxygen atoms in total. The third-order valence-electron chi connectivity index (χ3n) is 8.46. The number of hydrogen-bond donors (Lipinski definition) is 4. The van der Waals surface area contributed by atoms with Gasteiger partial charge in [0, 0.05) is 36.7 Å². The summed E-state index contributed by atoms with van der Waals surface area (Å²) < 4.78 is 2.33. The summed E-state index contributed by atoms with van der Waals surface area (Å²) in [6.45, 7) is 8.58. The third-order valence-corrected chi connectivity index (χ3v) is 9.65. The fourth-order valence-corrected chi connectivity index (χ4v) is 6.87. The van der Waals surface area contributed by atoms with Gasteiger partial charge in [-0.25, -0.2) is 14.8 Å². The fourth-order valence-electron chi connectivity index (χ4n) is 5.86. The number of thioether (sulfide) groups is 1. The Bertz CT molecular complexity index is 1140. The third kappa shape index (κ3) is 5.66. The van der Waals surface area contributed by atoms with Gasteiger partial charge in [-0.05, 0) is 57.3 Å². The molecule has 0 spiro atoms. The first-order chi connectivity index (χ1) is 17.8. The molecular formula is C26H40N8O2S. The lowest BCUT2D eigenvalue weighted by Crippen LogP contribution is -2.42. The highest BCUT2D eigenvalue weighted by Crippen LogP contribution is 2.36. The lowest BCUT2D eigenvalue weighted by molar-refractivity contribution is 0.200. The summed E-state index contributed by atoms with van der Waals surface area (Å²) in [7, 11) is 0. The molecule has 0 radical (unpaired) electrons. The zero-order chi connectivity index (χ0) is 26.1. The monoisotopic (exact) mass is 528 g/mol. The van der Waals surface area contributed by atoms with E-state index in [2.05, 4.69) is 45.9 Å². The number of fused-ring (bicyclic) bond motifs is 1. The van der Waals surface area contributed by atoms with Crippen LogP contribution in [-0.2, 0) is 6.54 Å². The van der Waals surface area contributed by atoms with Gasteiger partial charge in [-0.3, -0.25) is 10.7 Å². The highest BCUT2D eigenvalue weighted by atomic mass is 32.2. The molecule has 2 aromatic heterocycles. The zero-order valence-electron chi connectivity index (χ0n) is 22.2. The molecule has 202 valence electrons. The van der Waals surface area contributed by atoms with Crippen molar-refractivity contribution in [1.29, 1.82) is 5.41 Å². The Hall–Kier alpha value is -2.56. The van der Waals surface area contributed by atoms with E-state index < -0.39 is 6.09 Å². The van der Waals surface area contributed by atoms with E-state index in [0.717, 1.165) is 42.0 Å². The maximum absolute atomic E-state index is 11.2. The van der Waals surface area contributed by atoms with Crippen molar-refractivity contribution in [3.63, 3.8) is 0 Å². The Morgan fingerprint density at radius 1 is 1.16 bits per heavy atom. The van der Waals surface area contributed by atoms with Crippen molar-refractivity contribution in [2.24, 2.45) is 17.8 Å². The normalized spacial score (nSPS) is 25.5. The first-order valence-electron chi connectivity index (χ1n) is 13.8. The van der Waals surface area contributed by atoms with Crippen LogP contribution >= 0.6 is 11.8 Å². The largest absolute Gasteiger partial charge is 0.465 e. The molecule has 2 aromatic rings. The van der Waals surface area contributed by atoms with Crippen molar-refractivity contribution in [2.75, 3.05) is 28.3 Å². The molecule has 5 rings (SSSR count). The van der Waals surface area contributed by atoms with E-state index in [1.165, 1.54) is 44.9 Å². The number of rotatable bonds is 7. The van der Waals surface area contributed by atoms with Gasteiger partial charge in [0.05, 0.1) is 0 Å². The molecule has 0 aromatic carbocycles. The van der Waals surface area contributed by atoms with Crippen molar-refractivity contribution in [3.8, 4) is 0 Å². The SMILES string of the molecule is CC1CSCCN1c1nc2nc(C(=N)NC(=O)O)nc(N[C@H](C)C3CCC3)c2n1C[C@H]1CC[C@H](C)CC1. The molecule has 3 aliphatic rings. The number of amidine groups is 1. The van der Waals surface area contributed by atoms with Gasteiger partial charge in [-0.15, -0.1) is 0 Å². The van der Waals surface area contributed by atoms with Crippen LogP contribution < -0.4 is 15.5 Å². The predicted molar refractivity (Wildman–Crippen MR) is 149 cm³/mol. The first-order valence-corrected chi connectivity index (χ1v) is 14.9. The summed E-state index contributed by atoms with van der Waals surface area (Å²) in [5.74, 6) is 5.33. The lowest BCUT2D eigenvalue weighted by Gasteiger charge is -2.35. The number of anilines is 2. The molecule has 11 heteroatoms. The van der Waals surface area contributed by atoms with E-state index in [1.807, 2.05) is 11.8 Å². The van der Waals surface area contributed by atoms with E-state index in [4.69, 9.17) is 15.4 Å². The van der Waals surface area contributed by atoms with E-state index in [1.54, 1.807) is 0 Å². The first kappa shape index (κ1) is 26.1. The molecule has 1 aliphatic heterocycles. The number of hydrogen-bond acceptors (Lipinski definition) is 8. The molecule has 37 heavy (non-hydrogen) atoms. The molecule has 0 bridgehead atoms. The summed E-state index contributed by atoms with van der Waals surface area (Å²) in [6, 6.07) is 0.569. The molecule has 2 saturated carbocycles. The second-order valence-corrected chi connectivity index (χ2v) is 12.4. The number of nitrogens with one attached hydrogen (secondary N) is 3. The highest BCUT2D eigenvalue weighted by molar-refractivity contribution is 7.99. The van der Waals surface area contributed by atoms with Crippen LogP contribution in [0.25, 0.3) is 11.2 Å². The van der Waals surface area contributed by atoms with Gasteiger partial charge in [0.1, 0.15) is 5.52 Å². The summed E-state index contributed by atoms with van der Waals surface area (Å²) in [5, 5.41) is 23.2. The van der Waals surface area contributed by atoms with E-state index in [9.17, 15) is 9.90 Å². The average Bonchev–Trinajstić information content (AvgIpc) is 3.17. The second-order valence-electron chi connectivity index (χ2n) is 11.3. The fraction of sp³-hybridized carbons (Fsp3) is 0.731. The minimum absolute atomic E-state index is 0.0446. The maximum atomic E-state index is 11.2. The highest BCUT2D eigenvalue weighted by Gasteiger charge is 2.31. The Balaban J connectivity index is 1.61.